The molecule has 246 valence electrons. The van der Waals surface area contributed by atoms with Gasteiger partial charge in [0.1, 0.15) is 0 Å². The maximum absolute atomic E-state index is 4.79. The summed E-state index contributed by atoms with van der Waals surface area (Å²) in [5.41, 5.74) is 9.42. The lowest BCUT2D eigenvalue weighted by atomic mass is 9.83. The third-order valence-electron chi connectivity index (χ3n) is 11.2. The Labute approximate surface area is 279 Å². The zero-order valence-corrected chi connectivity index (χ0v) is 29.8. The van der Waals surface area contributed by atoms with Gasteiger partial charge in [-0.1, -0.05) is 84.9 Å². The Balaban J connectivity index is 0.000000162. The van der Waals surface area contributed by atoms with E-state index in [0.717, 1.165) is 24.9 Å². The van der Waals surface area contributed by atoms with Crippen LogP contribution in [0.4, 0.5) is 0 Å². The SMILES string of the molecule is CC(C)c1ncc(CN2CCC3(CC2)CC3)c2ccccc12.CCc1cc(CN2CCCC(C)(C)C2)c2cccnc2c1C(C)C. The van der Waals surface area contributed by atoms with E-state index in [2.05, 4.69) is 107 Å². The number of rotatable bonds is 7. The van der Waals surface area contributed by atoms with Crippen molar-refractivity contribution in [3.05, 3.63) is 82.8 Å². The maximum atomic E-state index is 4.79. The summed E-state index contributed by atoms with van der Waals surface area (Å²) in [7, 11) is 0. The van der Waals surface area contributed by atoms with Gasteiger partial charge in [0, 0.05) is 42.8 Å². The number of pyridine rings is 2. The van der Waals surface area contributed by atoms with Gasteiger partial charge in [-0.05, 0) is 121 Å². The van der Waals surface area contributed by atoms with Crippen LogP contribution in [0.5, 0.6) is 0 Å². The minimum Gasteiger partial charge on any atom is -0.299 e. The van der Waals surface area contributed by atoms with Gasteiger partial charge >= 0.3 is 0 Å². The number of benzene rings is 2. The zero-order valence-electron chi connectivity index (χ0n) is 29.8. The highest BCUT2D eigenvalue weighted by molar-refractivity contribution is 5.88. The molecule has 0 atom stereocenters. The number of fused-ring (bicyclic) bond motifs is 2. The minimum atomic E-state index is 0.442. The summed E-state index contributed by atoms with van der Waals surface area (Å²) < 4.78 is 0. The average molecular weight is 619 g/mol. The summed E-state index contributed by atoms with van der Waals surface area (Å²) in [5, 5.41) is 4.08. The third-order valence-corrected chi connectivity index (χ3v) is 11.2. The molecule has 1 aliphatic carbocycles. The van der Waals surface area contributed by atoms with Crippen molar-refractivity contribution in [3.8, 4) is 0 Å². The minimum absolute atomic E-state index is 0.442. The second-order valence-electron chi connectivity index (χ2n) is 16.1. The van der Waals surface area contributed by atoms with Crippen molar-refractivity contribution in [2.45, 2.75) is 118 Å². The van der Waals surface area contributed by atoms with Crippen LogP contribution >= 0.6 is 0 Å². The molecule has 2 aromatic carbocycles. The Morgan fingerprint density at radius 1 is 0.717 bits per heavy atom. The number of nitrogens with zero attached hydrogens (tertiary/aromatic N) is 4. The normalized spacial score (nSPS) is 19.6. The first-order valence-corrected chi connectivity index (χ1v) is 18.3. The molecule has 2 saturated heterocycles. The maximum Gasteiger partial charge on any atom is 0.0742 e. The Kier molecular flexibility index (Phi) is 9.88. The van der Waals surface area contributed by atoms with Gasteiger partial charge in [-0.25, -0.2) is 0 Å². The summed E-state index contributed by atoms with van der Waals surface area (Å²) in [6, 6.07) is 15.6. The first-order chi connectivity index (χ1) is 22.1. The Morgan fingerprint density at radius 2 is 1.41 bits per heavy atom. The average Bonchev–Trinajstić information content (AvgIpc) is 3.80. The fourth-order valence-corrected chi connectivity index (χ4v) is 8.35. The van der Waals surface area contributed by atoms with Gasteiger partial charge in [0.2, 0.25) is 0 Å². The molecule has 4 heteroatoms. The lowest BCUT2D eigenvalue weighted by molar-refractivity contribution is 0.112. The van der Waals surface area contributed by atoms with E-state index in [1.165, 1.54) is 114 Å². The molecule has 3 fully saturated rings. The highest BCUT2D eigenvalue weighted by Gasteiger charge is 2.44. The van der Waals surface area contributed by atoms with Crippen LogP contribution < -0.4 is 0 Å². The lowest BCUT2D eigenvalue weighted by Gasteiger charge is -2.38. The summed E-state index contributed by atoms with van der Waals surface area (Å²) in [6.07, 6.45) is 13.6. The molecule has 2 aliphatic heterocycles. The molecule has 0 amide bonds. The summed E-state index contributed by atoms with van der Waals surface area (Å²) >= 11 is 0. The van der Waals surface area contributed by atoms with Crippen molar-refractivity contribution in [3.63, 3.8) is 0 Å². The van der Waals surface area contributed by atoms with Crippen molar-refractivity contribution in [2.24, 2.45) is 10.8 Å². The van der Waals surface area contributed by atoms with Crippen molar-refractivity contribution >= 4 is 21.7 Å². The Hall–Kier alpha value is -2.82. The largest absolute Gasteiger partial charge is 0.299 e. The molecule has 0 unspecified atom stereocenters. The van der Waals surface area contributed by atoms with Gasteiger partial charge in [0.05, 0.1) is 11.2 Å². The first kappa shape index (κ1) is 33.1. The van der Waals surface area contributed by atoms with Crippen molar-refractivity contribution in [1.82, 2.24) is 19.8 Å². The molecule has 0 N–H and O–H groups in total. The second-order valence-corrected chi connectivity index (χ2v) is 16.1. The van der Waals surface area contributed by atoms with Gasteiger partial charge in [-0.2, -0.15) is 0 Å². The predicted molar refractivity (Wildman–Crippen MR) is 196 cm³/mol. The molecular weight excluding hydrogens is 560 g/mol. The number of piperidine rings is 2. The molecule has 0 radical (unpaired) electrons. The number of likely N-dealkylation sites (tertiary alicyclic amines) is 2. The topological polar surface area (TPSA) is 32.3 Å². The fourth-order valence-electron chi connectivity index (χ4n) is 8.35. The molecule has 4 nitrogen and oxygen atoms in total. The van der Waals surface area contributed by atoms with Crippen LogP contribution in [-0.2, 0) is 19.5 Å². The molecule has 3 aliphatic rings. The molecule has 1 spiro atoms. The molecule has 1 saturated carbocycles. The van der Waals surface area contributed by atoms with Crippen molar-refractivity contribution in [1.29, 1.82) is 0 Å². The van der Waals surface area contributed by atoms with Gasteiger partial charge in [0.25, 0.3) is 0 Å². The van der Waals surface area contributed by atoms with Crippen LogP contribution in [0.2, 0.25) is 0 Å². The van der Waals surface area contributed by atoms with E-state index in [1.807, 2.05) is 6.20 Å². The number of aromatic nitrogens is 2. The molecule has 0 bridgehead atoms. The molecular formula is C42H58N4. The lowest BCUT2D eigenvalue weighted by Crippen LogP contribution is -2.39. The third kappa shape index (κ3) is 7.34. The Bertz CT molecular complexity index is 1640. The van der Waals surface area contributed by atoms with Gasteiger partial charge in [0.15, 0.2) is 0 Å². The zero-order chi connectivity index (χ0) is 32.5. The van der Waals surface area contributed by atoms with E-state index in [-0.39, 0.29) is 0 Å². The smallest absolute Gasteiger partial charge is 0.0742 e. The van der Waals surface area contributed by atoms with Crippen LogP contribution in [0.3, 0.4) is 0 Å². The molecule has 7 rings (SSSR count). The van der Waals surface area contributed by atoms with E-state index in [4.69, 9.17) is 9.97 Å². The van der Waals surface area contributed by atoms with Crippen LogP contribution in [0.25, 0.3) is 21.7 Å². The van der Waals surface area contributed by atoms with E-state index < -0.39 is 0 Å². The van der Waals surface area contributed by atoms with Crippen LogP contribution in [0.1, 0.15) is 127 Å². The monoisotopic (exact) mass is 618 g/mol. The van der Waals surface area contributed by atoms with Gasteiger partial charge in [-0.15, -0.1) is 0 Å². The summed E-state index contributed by atoms with van der Waals surface area (Å²) in [5.74, 6) is 0.990. The van der Waals surface area contributed by atoms with Crippen LogP contribution in [-0.4, -0.2) is 45.9 Å². The molecule has 46 heavy (non-hydrogen) atoms. The summed E-state index contributed by atoms with van der Waals surface area (Å²) in [6.45, 7) is 23.2. The van der Waals surface area contributed by atoms with E-state index in [1.54, 1.807) is 0 Å². The first-order valence-electron chi connectivity index (χ1n) is 18.3. The predicted octanol–water partition coefficient (Wildman–Crippen LogP) is 10.3. The summed E-state index contributed by atoms with van der Waals surface area (Å²) in [4.78, 5) is 14.8. The molecule has 2 aromatic heterocycles. The highest BCUT2D eigenvalue weighted by Crippen LogP contribution is 2.53. The second kappa shape index (κ2) is 13.7. The highest BCUT2D eigenvalue weighted by atomic mass is 15.1. The number of hydrogen-bond donors (Lipinski definition) is 0. The van der Waals surface area contributed by atoms with Crippen molar-refractivity contribution < 1.29 is 0 Å². The van der Waals surface area contributed by atoms with Gasteiger partial charge < -0.3 is 0 Å². The standard InChI is InChI=1S/C22H32N2.C20H26N2/c1-6-17-13-18(14-24-12-8-10-22(4,5)15-24)19-9-7-11-23-21(19)20(17)16(2)3;1-15(2)19-18-6-4-3-5-17(18)16(13-21-19)14-22-11-9-20(7-8-20)10-12-22/h7,9,11,13,16H,6,8,10,12,14-15H2,1-5H3;3-6,13,15H,7-12,14H2,1-2H3. The molecule has 4 aromatic rings. The quantitative estimate of drug-likeness (QED) is 0.206. The van der Waals surface area contributed by atoms with Crippen LogP contribution in [0.15, 0.2) is 54.9 Å². The van der Waals surface area contributed by atoms with Crippen LogP contribution in [0, 0.1) is 10.8 Å². The fraction of sp³-hybridized carbons (Fsp3) is 0.571. The van der Waals surface area contributed by atoms with E-state index >= 15 is 0 Å². The number of hydrogen-bond acceptors (Lipinski definition) is 4. The van der Waals surface area contributed by atoms with E-state index in [0.29, 0.717) is 17.3 Å². The van der Waals surface area contributed by atoms with Gasteiger partial charge in [-0.3, -0.25) is 19.8 Å². The van der Waals surface area contributed by atoms with E-state index in [9.17, 15) is 0 Å². The Morgan fingerprint density at radius 3 is 2.07 bits per heavy atom. The molecule has 4 heterocycles. The number of aryl methyl sites for hydroxylation is 1. The van der Waals surface area contributed by atoms with Crippen molar-refractivity contribution in [2.75, 3.05) is 26.2 Å².